The van der Waals surface area contributed by atoms with Gasteiger partial charge in [0.05, 0.1) is 0 Å². The lowest BCUT2D eigenvalue weighted by Gasteiger charge is -2.26. The molecule has 1 heterocycles. The molecule has 1 atom stereocenters. The standard InChI is InChI=1S/C10H14Br2N2O/c1-4-10(3,15-5-2)9-13-7(11)6-8(12)14-9/h6H,4-5H2,1-3H3. The van der Waals surface area contributed by atoms with Crippen LogP contribution in [0.1, 0.15) is 33.0 Å². The molecule has 84 valence electrons. The van der Waals surface area contributed by atoms with E-state index < -0.39 is 5.60 Å². The van der Waals surface area contributed by atoms with Crippen LogP contribution in [-0.4, -0.2) is 16.6 Å². The minimum atomic E-state index is -0.416. The molecule has 0 radical (unpaired) electrons. The van der Waals surface area contributed by atoms with Gasteiger partial charge in [0.15, 0.2) is 5.82 Å². The van der Waals surface area contributed by atoms with E-state index in [-0.39, 0.29) is 0 Å². The smallest absolute Gasteiger partial charge is 0.162 e. The Morgan fingerprint density at radius 1 is 1.27 bits per heavy atom. The summed E-state index contributed by atoms with van der Waals surface area (Å²) < 4.78 is 7.23. The van der Waals surface area contributed by atoms with E-state index in [1.165, 1.54) is 0 Å². The zero-order valence-corrected chi connectivity index (χ0v) is 12.2. The molecule has 1 aromatic rings. The average molecular weight is 338 g/mol. The van der Waals surface area contributed by atoms with E-state index in [0.717, 1.165) is 15.6 Å². The second-order valence-electron chi connectivity index (χ2n) is 3.35. The molecule has 0 aliphatic heterocycles. The van der Waals surface area contributed by atoms with Gasteiger partial charge in [-0.2, -0.15) is 0 Å². The lowest BCUT2D eigenvalue weighted by molar-refractivity contribution is -0.0392. The third-order valence-corrected chi connectivity index (χ3v) is 3.09. The maximum atomic E-state index is 5.71. The summed E-state index contributed by atoms with van der Waals surface area (Å²) in [5, 5.41) is 0. The van der Waals surface area contributed by atoms with E-state index in [2.05, 4.69) is 48.8 Å². The predicted octanol–water partition coefficient (Wildman–Crippen LogP) is 3.66. The van der Waals surface area contributed by atoms with Crippen molar-refractivity contribution in [3.8, 4) is 0 Å². The van der Waals surface area contributed by atoms with Crippen LogP contribution in [0.25, 0.3) is 0 Å². The van der Waals surface area contributed by atoms with E-state index in [1.807, 2.05) is 19.9 Å². The molecule has 0 bridgehead atoms. The Kier molecular flexibility index (Phi) is 4.67. The van der Waals surface area contributed by atoms with Crippen molar-refractivity contribution >= 4 is 31.9 Å². The first-order chi connectivity index (χ1) is 7.01. The van der Waals surface area contributed by atoms with Crippen molar-refractivity contribution in [1.29, 1.82) is 0 Å². The summed E-state index contributed by atoms with van der Waals surface area (Å²) in [5.74, 6) is 0.702. The number of ether oxygens (including phenoxy) is 1. The van der Waals surface area contributed by atoms with Gasteiger partial charge in [-0.25, -0.2) is 9.97 Å². The van der Waals surface area contributed by atoms with E-state index in [9.17, 15) is 0 Å². The topological polar surface area (TPSA) is 35.0 Å². The van der Waals surface area contributed by atoms with Crippen LogP contribution >= 0.6 is 31.9 Å². The molecule has 0 spiro atoms. The molecule has 0 aromatic carbocycles. The lowest BCUT2D eigenvalue weighted by atomic mass is 10.0. The quantitative estimate of drug-likeness (QED) is 0.786. The van der Waals surface area contributed by atoms with E-state index in [4.69, 9.17) is 4.74 Å². The van der Waals surface area contributed by atoms with Crippen LogP contribution in [0.15, 0.2) is 15.3 Å². The Hall–Kier alpha value is -0.0000000000000000555. The number of hydrogen-bond acceptors (Lipinski definition) is 3. The Bertz CT molecular complexity index is 326. The Morgan fingerprint density at radius 2 is 1.80 bits per heavy atom. The minimum absolute atomic E-state index is 0.416. The fourth-order valence-corrected chi connectivity index (χ4v) is 2.35. The van der Waals surface area contributed by atoms with Crippen LogP contribution < -0.4 is 0 Å². The molecule has 0 amide bonds. The Labute approximate surface area is 107 Å². The summed E-state index contributed by atoms with van der Waals surface area (Å²) in [6.45, 7) is 6.69. The molecule has 1 unspecified atom stereocenters. The molecule has 0 aliphatic carbocycles. The highest BCUT2D eigenvalue weighted by atomic mass is 79.9. The van der Waals surface area contributed by atoms with Crippen LogP contribution in [0.4, 0.5) is 0 Å². The van der Waals surface area contributed by atoms with E-state index in [1.54, 1.807) is 0 Å². The first-order valence-corrected chi connectivity index (χ1v) is 6.45. The maximum absolute atomic E-state index is 5.71. The van der Waals surface area contributed by atoms with Gasteiger partial charge in [-0.05, 0) is 52.1 Å². The molecule has 0 saturated carbocycles. The monoisotopic (exact) mass is 336 g/mol. The SMILES string of the molecule is CCOC(C)(CC)c1nc(Br)cc(Br)n1. The fraction of sp³-hybridized carbons (Fsp3) is 0.600. The third-order valence-electron chi connectivity index (χ3n) is 2.27. The lowest BCUT2D eigenvalue weighted by Crippen LogP contribution is -2.28. The van der Waals surface area contributed by atoms with Crippen molar-refractivity contribution in [2.45, 2.75) is 32.8 Å². The summed E-state index contributed by atoms with van der Waals surface area (Å²) >= 11 is 6.70. The average Bonchev–Trinajstić information content (AvgIpc) is 2.16. The number of aromatic nitrogens is 2. The summed E-state index contributed by atoms with van der Waals surface area (Å²) in [6.07, 6.45) is 0.837. The molecule has 3 nitrogen and oxygen atoms in total. The van der Waals surface area contributed by atoms with Gasteiger partial charge in [-0.3, -0.25) is 0 Å². The van der Waals surface area contributed by atoms with Crippen LogP contribution in [0, 0.1) is 0 Å². The minimum Gasteiger partial charge on any atom is -0.368 e. The fourth-order valence-electron chi connectivity index (χ4n) is 1.27. The first kappa shape index (κ1) is 13.1. The third kappa shape index (κ3) is 3.23. The molecular formula is C10H14Br2N2O. The van der Waals surface area contributed by atoms with Crippen LogP contribution in [0.5, 0.6) is 0 Å². The van der Waals surface area contributed by atoms with Crippen LogP contribution in [0.3, 0.4) is 0 Å². The molecule has 0 aliphatic rings. The second-order valence-corrected chi connectivity index (χ2v) is 4.98. The molecule has 1 aromatic heterocycles. The van der Waals surface area contributed by atoms with Gasteiger partial charge in [0.2, 0.25) is 0 Å². The van der Waals surface area contributed by atoms with Crippen molar-refractivity contribution < 1.29 is 4.74 Å². The van der Waals surface area contributed by atoms with Crippen molar-refractivity contribution in [3.05, 3.63) is 21.1 Å². The van der Waals surface area contributed by atoms with Crippen molar-refractivity contribution in [2.24, 2.45) is 0 Å². The number of halogens is 2. The summed E-state index contributed by atoms with van der Waals surface area (Å²) in [4.78, 5) is 8.69. The van der Waals surface area contributed by atoms with E-state index in [0.29, 0.717) is 12.4 Å². The van der Waals surface area contributed by atoms with Crippen molar-refractivity contribution in [3.63, 3.8) is 0 Å². The van der Waals surface area contributed by atoms with Crippen LogP contribution in [-0.2, 0) is 10.3 Å². The molecular weight excluding hydrogens is 324 g/mol. The number of hydrogen-bond donors (Lipinski definition) is 0. The molecule has 0 saturated heterocycles. The Morgan fingerprint density at radius 3 is 2.20 bits per heavy atom. The summed E-state index contributed by atoms with van der Waals surface area (Å²) in [5.41, 5.74) is -0.416. The first-order valence-electron chi connectivity index (χ1n) is 4.86. The predicted molar refractivity (Wildman–Crippen MR) is 66.7 cm³/mol. The number of nitrogens with zero attached hydrogens (tertiary/aromatic N) is 2. The molecule has 1 rings (SSSR count). The van der Waals surface area contributed by atoms with Gasteiger partial charge >= 0.3 is 0 Å². The Balaban J connectivity index is 3.11. The molecule has 5 heteroatoms. The van der Waals surface area contributed by atoms with Gasteiger partial charge < -0.3 is 4.74 Å². The zero-order chi connectivity index (χ0) is 11.5. The largest absolute Gasteiger partial charge is 0.368 e. The van der Waals surface area contributed by atoms with Gasteiger partial charge in [-0.1, -0.05) is 6.92 Å². The highest BCUT2D eigenvalue weighted by Crippen LogP contribution is 2.28. The highest BCUT2D eigenvalue weighted by molar-refractivity contribution is 9.11. The van der Waals surface area contributed by atoms with Gasteiger partial charge in [0.25, 0.3) is 0 Å². The second kappa shape index (κ2) is 5.37. The molecule has 15 heavy (non-hydrogen) atoms. The highest BCUT2D eigenvalue weighted by Gasteiger charge is 2.28. The van der Waals surface area contributed by atoms with E-state index >= 15 is 0 Å². The zero-order valence-electron chi connectivity index (χ0n) is 9.05. The van der Waals surface area contributed by atoms with Gasteiger partial charge in [0, 0.05) is 12.7 Å². The number of rotatable bonds is 4. The summed E-state index contributed by atoms with van der Waals surface area (Å²) in [7, 11) is 0. The molecule has 0 fully saturated rings. The van der Waals surface area contributed by atoms with Crippen LogP contribution in [0.2, 0.25) is 0 Å². The molecule has 0 N–H and O–H groups in total. The normalized spacial score (nSPS) is 15.0. The summed E-state index contributed by atoms with van der Waals surface area (Å²) in [6, 6.07) is 1.81. The van der Waals surface area contributed by atoms with Crippen molar-refractivity contribution in [2.75, 3.05) is 6.61 Å². The maximum Gasteiger partial charge on any atom is 0.162 e. The van der Waals surface area contributed by atoms with Crippen molar-refractivity contribution in [1.82, 2.24) is 9.97 Å². The van der Waals surface area contributed by atoms with Gasteiger partial charge in [0.1, 0.15) is 14.8 Å². The van der Waals surface area contributed by atoms with Gasteiger partial charge in [-0.15, -0.1) is 0 Å².